The van der Waals surface area contributed by atoms with Crippen LogP contribution in [0.2, 0.25) is 0 Å². The van der Waals surface area contributed by atoms with Crippen LogP contribution < -0.4 is 5.48 Å². The number of allylic oxidation sites excluding steroid dienone is 1. The van der Waals surface area contributed by atoms with Crippen LogP contribution in [0.3, 0.4) is 0 Å². The van der Waals surface area contributed by atoms with Gasteiger partial charge in [0.2, 0.25) is 0 Å². The fourth-order valence-electron chi connectivity index (χ4n) is 0.390. The zero-order valence-electron chi connectivity index (χ0n) is 6.16. The van der Waals surface area contributed by atoms with Crippen LogP contribution in [0.25, 0.3) is 0 Å². The minimum Gasteiger partial charge on any atom is -0.301 e. The summed E-state index contributed by atoms with van der Waals surface area (Å²) in [5.74, 6) is 0. The topological polar surface area (TPSA) is 92.6 Å². The molecule has 0 radical (unpaired) electrons. The highest BCUT2D eigenvalue weighted by atomic mass is 32.2. The summed E-state index contributed by atoms with van der Waals surface area (Å²) in [7, 11) is 0. The predicted molar refractivity (Wildman–Crippen MR) is 41.6 cm³/mol. The number of rotatable bonds is 3. The molecule has 0 aliphatic rings. The van der Waals surface area contributed by atoms with E-state index in [9.17, 15) is 0 Å². The Hall–Kier alpha value is -1.84. The second-order valence-electron chi connectivity index (χ2n) is 1.43. The van der Waals surface area contributed by atoms with E-state index in [0.717, 1.165) is 11.8 Å². The van der Waals surface area contributed by atoms with Gasteiger partial charge in [-0.3, -0.25) is 0 Å². The van der Waals surface area contributed by atoms with Crippen molar-refractivity contribution in [3.63, 3.8) is 0 Å². The molecule has 0 aromatic carbocycles. The van der Waals surface area contributed by atoms with Crippen LogP contribution in [-0.4, -0.2) is 6.26 Å². The van der Waals surface area contributed by atoms with Gasteiger partial charge in [-0.2, -0.15) is 10.5 Å². The highest BCUT2D eigenvalue weighted by Gasteiger charge is 2.04. The zero-order valence-corrected chi connectivity index (χ0v) is 6.97. The molecule has 0 heterocycles. The van der Waals surface area contributed by atoms with Gasteiger partial charge in [0.05, 0.1) is 0 Å². The molecular weight excluding hydrogens is 176 g/mol. The lowest BCUT2D eigenvalue weighted by Gasteiger charge is -2.01. The molecule has 60 valence electrons. The lowest BCUT2D eigenvalue weighted by atomic mass is 10.4. The molecule has 0 rings (SSSR count). The number of nitrogens with one attached hydrogen (secondary N) is 1. The third-order valence-electron chi connectivity index (χ3n) is 0.844. The van der Waals surface area contributed by atoms with Crippen molar-refractivity contribution in [1.82, 2.24) is 5.48 Å². The van der Waals surface area contributed by atoms with E-state index >= 15 is 0 Å². The molecule has 6 heteroatoms. The third kappa shape index (κ3) is 2.83. The first-order valence-corrected chi connectivity index (χ1v) is 3.92. The Kier molecular flexibility index (Phi) is 5.00. The second kappa shape index (κ2) is 5.91. The number of thioether (sulfide) groups is 1. The quantitative estimate of drug-likeness (QED) is 0.388. The van der Waals surface area contributed by atoms with E-state index in [2.05, 4.69) is 10.3 Å². The Morgan fingerprint density at radius 3 is 2.25 bits per heavy atom. The van der Waals surface area contributed by atoms with Crippen molar-refractivity contribution >= 4 is 11.8 Å². The van der Waals surface area contributed by atoms with E-state index < -0.39 is 0 Å². The molecule has 0 aromatic rings. The molecule has 0 fully saturated rings. The first-order valence-electron chi connectivity index (χ1n) is 2.69. The van der Waals surface area contributed by atoms with Crippen LogP contribution in [0.4, 0.5) is 0 Å². The van der Waals surface area contributed by atoms with E-state index in [1.54, 1.807) is 18.4 Å². The Morgan fingerprint density at radius 1 is 1.33 bits per heavy atom. The monoisotopic (exact) mass is 180 g/mol. The predicted octanol–water partition coefficient (Wildman–Crippen LogP) is 0.610. The maximum atomic E-state index is 8.40. The number of hydrogen-bond acceptors (Lipinski definition) is 6. The van der Waals surface area contributed by atoms with Gasteiger partial charge in [0.15, 0.2) is 5.57 Å². The first-order chi connectivity index (χ1) is 5.79. The van der Waals surface area contributed by atoms with Crippen molar-refractivity contribution < 1.29 is 4.84 Å². The lowest BCUT2D eigenvalue weighted by Crippen LogP contribution is -2.09. The largest absolute Gasteiger partial charge is 0.314 e. The van der Waals surface area contributed by atoms with E-state index in [0.29, 0.717) is 0 Å². The van der Waals surface area contributed by atoms with Crippen molar-refractivity contribution in [3.05, 3.63) is 10.6 Å². The Balaban J connectivity index is 4.55. The van der Waals surface area contributed by atoms with E-state index in [1.165, 1.54) is 6.26 Å². The maximum Gasteiger partial charge on any atom is 0.314 e. The van der Waals surface area contributed by atoms with Crippen LogP contribution in [0.1, 0.15) is 0 Å². The van der Waals surface area contributed by atoms with E-state index in [4.69, 9.17) is 15.8 Å². The van der Waals surface area contributed by atoms with Gasteiger partial charge in [-0.05, 0) is 6.26 Å². The fraction of sp³-hybridized carbons (Fsp3) is 0.167. The summed E-state index contributed by atoms with van der Waals surface area (Å²) >= 11 is 1.11. The van der Waals surface area contributed by atoms with Crippen molar-refractivity contribution in [3.8, 4) is 18.4 Å². The average Bonchev–Trinajstić information content (AvgIpc) is 2.12. The first kappa shape index (κ1) is 10.2. The standard InChI is InChI=1S/C6H4N4OS/c1-12-6(10-11-4-9)5(2-7)3-8/h10H,1H3. The van der Waals surface area contributed by atoms with Gasteiger partial charge in [-0.15, -0.1) is 17.0 Å². The molecule has 0 saturated heterocycles. The normalized spacial score (nSPS) is 6.83. The Bertz CT molecular complexity index is 287. The molecule has 0 saturated carbocycles. The molecule has 0 bridgehead atoms. The van der Waals surface area contributed by atoms with Crippen molar-refractivity contribution in [2.24, 2.45) is 0 Å². The number of nitriles is 3. The number of hydrogen-bond donors (Lipinski definition) is 1. The van der Waals surface area contributed by atoms with Gasteiger partial charge in [0.1, 0.15) is 17.2 Å². The molecule has 0 aliphatic carbocycles. The highest BCUT2D eigenvalue weighted by molar-refractivity contribution is 8.02. The van der Waals surface area contributed by atoms with E-state index in [-0.39, 0.29) is 10.6 Å². The Morgan fingerprint density at radius 2 is 1.92 bits per heavy atom. The molecule has 0 aromatic heterocycles. The molecule has 0 spiro atoms. The van der Waals surface area contributed by atoms with Gasteiger partial charge in [-0.25, -0.2) is 5.48 Å². The summed E-state index contributed by atoms with van der Waals surface area (Å²) in [6.07, 6.45) is 3.01. The van der Waals surface area contributed by atoms with Crippen molar-refractivity contribution in [2.45, 2.75) is 0 Å². The van der Waals surface area contributed by atoms with Crippen LogP contribution >= 0.6 is 11.8 Å². The van der Waals surface area contributed by atoms with Crippen LogP contribution in [0.5, 0.6) is 0 Å². The van der Waals surface area contributed by atoms with E-state index in [1.807, 2.05) is 0 Å². The van der Waals surface area contributed by atoms with Gasteiger partial charge in [0, 0.05) is 0 Å². The second-order valence-corrected chi connectivity index (χ2v) is 2.24. The number of hydroxylamine groups is 1. The minimum absolute atomic E-state index is 0.113. The summed E-state index contributed by atoms with van der Waals surface area (Å²) < 4.78 is 0. The van der Waals surface area contributed by atoms with Crippen molar-refractivity contribution in [2.75, 3.05) is 6.26 Å². The van der Waals surface area contributed by atoms with Gasteiger partial charge < -0.3 is 4.84 Å². The van der Waals surface area contributed by atoms with Crippen LogP contribution in [0.15, 0.2) is 10.6 Å². The molecule has 1 N–H and O–H groups in total. The fourth-order valence-corrected chi connectivity index (χ4v) is 0.811. The highest BCUT2D eigenvalue weighted by Crippen LogP contribution is 2.12. The van der Waals surface area contributed by atoms with Gasteiger partial charge in [0.25, 0.3) is 0 Å². The lowest BCUT2D eigenvalue weighted by molar-refractivity contribution is 0.191. The maximum absolute atomic E-state index is 8.40. The molecule has 5 nitrogen and oxygen atoms in total. The number of nitrogens with zero attached hydrogens (tertiary/aromatic N) is 3. The molecule has 0 unspecified atom stereocenters. The third-order valence-corrected chi connectivity index (χ3v) is 1.54. The van der Waals surface area contributed by atoms with Gasteiger partial charge in [-0.1, -0.05) is 0 Å². The zero-order chi connectivity index (χ0) is 9.40. The smallest absolute Gasteiger partial charge is 0.301 e. The molecule has 0 aliphatic heterocycles. The minimum atomic E-state index is -0.113. The van der Waals surface area contributed by atoms with Crippen LogP contribution in [0, 0.1) is 34.2 Å². The average molecular weight is 180 g/mol. The molecule has 0 amide bonds. The Labute approximate surface area is 73.8 Å². The summed E-state index contributed by atoms with van der Waals surface area (Å²) in [6, 6.07) is 3.31. The summed E-state index contributed by atoms with van der Waals surface area (Å²) in [6.45, 7) is 0. The van der Waals surface area contributed by atoms with Gasteiger partial charge >= 0.3 is 6.26 Å². The molecule has 0 atom stereocenters. The SMILES string of the molecule is CSC(NOC#N)=C(C#N)C#N. The summed E-state index contributed by atoms with van der Waals surface area (Å²) in [4.78, 5) is 4.15. The van der Waals surface area contributed by atoms with Crippen molar-refractivity contribution in [1.29, 1.82) is 15.8 Å². The molecule has 12 heavy (non-hydrogen) atoms. The molecular formula is C6H4N4OS. The summed E-state index contributed by atoms with van der Waals surface area (Å²) in [5.41, 5.74) is 2.04. The summed E-state index contributed by atoms with van der Waals surface area (Å²) in [5, 5.41) is 25.0. The van der Waals surface area contributed by atoms with Crippen LogP contribution in [-0.2, 0) is 4.84 Å².